The Labute approximate surface area is 113 Å². The average Bonchev–Trinajstić information content (AvgIpc) is 2.76. The SMILES string of the molecule is Cc1c(C(=O)NCCOC2CCNCC2)cnn1C. The first kappa shape index (κ1) is 14.0. The van der Waals surface area contributed by atoms with Crippen molar-refractivity contribution in [3.05, 3.63) is 17.5 Å². The molecular weight excluding hydrogens is 244 g/mol. The van der Waals surface area contributed by atoms with E-state index in [4.69, 9.17) is 4.74 Å². The highest BCUT2D eigenvalue weighted by Gasteiger charge is 2.14. The Morgan fingerprint density at radius 1 is 1.58 bits per heavy atom. The summed E-state index contributed by atoms with van der Waals surface area (Å²) in [5.74, 6) is -0.0838. The van der Waals surface area contributed by atoms with Gasteiger partial charge >= 0.3 is 0 Å². The van der Waals surface area contributed by atoms with Crippen LogP contribution < -0.4 is 10.6 Å². The van der Waals surface area contributed by atoms with Gasteiger partial charge in [-0.2, -0.15) is 5.10 Å². The quantitative estimate of drug-likeness (QED) is 0.749. The molecule has 0 aromatic carbocycles. The van der Waals surface area contributed by atoms with E-state index in [-0.39, 0.29) is 5.91 Å². The molecule has 0 bridgehead atoms. The van der Waals surface area contributed by atoms with E-state index >= 15 is 0 Å². The summed E-state index contributed by atoms with van der Waals surface area (Å²) < 4.78 is 7.42. The van der Waals surface area contributed by atoms with Gasteiger partial charge in [0, 0.05) is 19.3 Å². The van der Waals surface area contributed by atoms with Crippen molar-refractivity contribution < 1.29 is 9.53 Å². The minimum Gasteiger partial charge on any atom is -0.376 e. The number of hydrogen-bond acceptors (Lipinski definition) is 4. The van der Waals surface area contributed by atoms with Gasteiger partial charge in [0.2, 0.25) is 0 Å². The molecule has 0 saturated carbocycles. The summed E-state index contributed by atoms with van der Waals surface area (Å²) in [7, 11) is 1.83. The number of amides is 1. The molecule has 2 heterocycles. The summed E-state index contributed by atoms with van der Waals surface area (Å²) in [5, 5.41) is 10.2. The first-order valence-corrected chi connectivity index (χ1v) is 6.77. The van der Waals surface area contributed by atoms with E-state index in [1.165, 1.54) is 0 Å². The predicted molar refractivity (Wildman–Crippen MR) is 72.1 cm³/mol. The maximum absolute atomic E-state index is 11.9. The van der Waals surface area contributed by atoms with Crippen molar-refractivity contribution in [2.24, 2.45) is 7.05 Å². The maximum atomic E-state index is 11.9. The van der Waals surface area contributed by atoms with E-state index in [2.05, 4.69) is 15.7 Å². The monoisotopic (exact) mass is 266 g/mol. The highest BCUT2D eigenvalue weighted by molar-refractivity contribution is 5.94. The standard InChI is InChI=1S/C13H22N4O2/c1-10-12(9-16-17(10)2)13(18)15-7-8-19-11-3-5-14-6-4-11/h9,11,14H,3-8H2,1-2H3,(H,15,18). The molecule has 2 rings (SSSR count). The van der Waals surface area contributed by atoms with Crippen LogP contribution in [0.4, 0.5) is 0 Å². The Morgan fingerprint density at radius 2 is 2.32 bits per heavy atom. The smallest absolute Gasteiger partial charge is 0.254 e. The van der Waals surface area contributed by atoms with Gasteiger partial charge in [0.25, 0.3) is 5.91 Å². The fourth-order valence-electron chi connectivity index (χ4n) is 2.17. The van der Waals surface area contributed by atoms with Gasteiger partial charge in [-0.15, -0.1) is 0 Å². The topological polar surface area (TPSA) is 68.2 Å². The van der Waals surface area contributed by atoms with Crippen molar-refractivity contribution in [2.45, 2.75) is 25.9 Å². The molecule has 1 fully saturated rings. The zero-order chi connectivity index (χ0) is 13.7. The van der Waals surface area contributed by atoms with E-state index in [1.54, 1.807) is 10.9 Å². The third-order valence-corrected chi connectivity index (χ3v) is 3.51. The van der Waals surface area contributed by atoms with Crippen LogP contribution in [0, 0.1) is 6.92 Å². The lowest BCUT2D eigenvalue weighted by Gasteiger charge is -2.22. The molecule has 0 unspecified atom stereocenters. The van der Waals surface area contributed by atoms with E-state index in [1.807, 2.05) is 14.0 Å². The molecule has 106 valence electrons. The molecule has 0 radical (unpaired) electrons. The van der Waals surface area contributed by atoms with E-state index in [9.17, 15) is 4.79 Å². The molecule has 1 aliphatic rings. The summed E-state index contributed by atoms with van der Waals surface area (Å²) in [6.07, 6.45) is 4.03. The Bertz CT molecular complexity index is 424. The van der Waals surface area contributed by atoms with Crippen LogP contribution in [0.2, 0.25) is 0 Å². The Balaban J connectivity index is 1.68. The van der Waals surface area contributed by atoms with Gasteiger partial charge in [-0.05, 0) is 32.9 Å². The minimum atomic E-state index is -0.0838. The van der Waals surface area contributed by atoms with E-state index in [0.717, 1.165) is 31.6 Å². The van der Waals surface area contributed by atoms with E-state index in [0.29, 0.717) is 24.8 Å². The maximum Gasteiger partial charge on any atom is 0.254 e. The summed E-state index contributed by atoms with van der Waals surface area (Å²) in [6, 6.07) is 0. The normalized spacial score (nSPS) is 16.5. The number of hydrogen-bond donors (Lipinski definition) is 2. The van der Waals surface area contributed by atoms with Crippen LogP contribution in [-0.2, 0) is 11.8 Å². The van der Waals surface area contributed by atoms with Crippen LogP contribution in [0.15, 0.2) is 6.20 Å². The number of carbonyl (C=O) groups excluding carboxylic acids is 1. The van der Waals surface area contributed by atoms with Crippen LogP contribution in [-0.4, -0.2) is 48.0 Å². The molecule has 1 aromatic heterocycles. The molecule has 0 atom stereocenters. The Hall–Kier alpha value is -1.40. The molecule has 0 aliphatic carbocycles. The summed E-state index contributed by atoms with van der Waals surface area (Å²) in [4.78, 5) is 11.9. The number of rotatable bonds is 5. The number of ether oxygens (including phenoxy) is 1. The largest absolute Gasteiger partial charge is 0.376 e. The first-order chi connectivity index (χ1) is 9.18. The molecule has 6 heteroatoms. The Morgan fingerprint density at radius 3 is 2.95 bits per heavy atom. The fraction of sp³-hybridized carbons (Fsp3) is 0.692. The van der Waals surface area contributed by atoms with Crippen LogP contribution >= 0.6 is 0 Å². The molecule has 0 spiro atoms. The van der Waals surface area contributed by atoms with Gasteiger partial charge < -0.3 is 15.4 Å². The van der Waals surface area contributed by atoms with Gasteiger partial charge in [-0.1, -0.05) is 0 Å². The highest BCUT2D eigenvalue weighted by Crippen LogP contribution is 2.07. The van der Waals surface area contributed by atoms with Gasteiger partial charge in [-0.3, -0.25) is 9.48 Å². The average molecular weight is 266 g/mol. The lowest BCUT2D eigenvalue weighted by Crippen LogP contribution is -2.34. The number of nitrogens with one attached hydrogen (secondary N) is 2. The second-order valence-electron chi connectivity index (χ2n) is 4.84. The Kier molecular flexibility index (Phi) is 4.93. The zero-order valence-electron chi connectivity index (χ0n) is 11.6. The van der Waals surface area contributed by atoms with Crippen LogP contribution in [0.25, 0.3) is 0 Å². The van der Waals surface area contributed by atoms with Crippen molar-refractivity contribution in [2.75, 3.05) is 26.2 Å². The number of piperidine rings is 1. The second kappa shape index (κ2) is 6.68. The zero-order valence-corrected chi connectivity index (χ0v) is 11.6. The molecule has 19 heavy (non-hydrogen) atoms. The van der Waals surface area contributed by atoms with Crippen molar-refractivity contribution in [1.29, 1.82) is 0 Å². The van der Waals surface area contributed by atoms with Gasteiger partial charge in [0.05, 0.1) is 24.5 Å². The number of carbonyl (C=O) groups is 1. The molecule has 1 aliphatic heterocycles. The third-order valence-electron chi connectivity index (χ3n) is 3.51. The lowest BCUT2D eigenvalue weighted by molar-refractivity contribution is 0.0343. The molecule has 1 amide bonds. The van der Waals surface area contributed by atoms with Crippen LogP contribution in [0.5, 0.6) is 0 Å². The number of aryl methyl sites for hydroxylation is 1. The first-order valence-electron chi connectivity index (χ1n) is 6.77. The summed E-state index contributed by atoms with van der Waals surface area (Å²) in [6.45, 7) is 5.03. The minimum absolute atomic E-state index is 0.0838. The second-order valence-corrected chi connectivity index (χ2v) is 4.84. The van der Waals surface area contributed by atoms with Gasteiger partial charge in [0.1, 0.15) is 0 Å². The van der Waals surface area contributed by atoms with Crippen LogP contribution in [0.1, 0.15) is 28.9 Å². The number of aromatic nitrogens is 2. The third kappa shape index (κ3) is 3.78. The lowest BCUT2D eigenvalue weighted by atomic mass is 10.1. The van der Waals surface area contributed by atoms with Gasteiger partial charge in [0.15, 0.2) is 0 Å². The predicted octanol–water partition coefficient (Wildman–Crippen LogP) is 0.227. The molecule has 1 saturated heterocycles. The van der Waals surface area contributed by atoms with Crippen molar-refractivity contribution in [3.8, 4) is 0 Å². The van der Waals surface area contributed by atoms with Crippen molar-refractivity contribution in [3.63, 3.8) is 0 Å². The van der Waals surface area contributed by atoms with Crippen molar-refractivity contribution >= 4 is 5.91 Å². The molecule has 2 N–H and O–H groups in total. The fourth-order valence-corrected chi connectivity index (χ4v) is 2.17. The van der Waals surface area contributed by atoms with Crippen LogP contribution in [0.3, 0.4) is 0 Å². The van der Waals surface area contributed by atoms with Gasteiger partial charge in [-0.25, -0.2) is 0 Å². The van der Waals surface area contributed by atoms with E-state index < -0.39 is 0 Å². The molecule has 1 aromatic rings. The summed E-state index contributed by atoms with van der Waals surface area (Å²) in [5.41, 5.74) is 1.50. The van der Waals surface area contributed by atoms with Crippen molar-refractivity contribution in [1.82, 2.24) is 20.4 Å². The number of nitrogens with zero attached hydrogens (tertiary/aromatic N) is 2. The molecule has 6 nitrogen and oxygen atoms in total. The summed E-state index contributed by atoms with van der Waals surface area (Å²) >= 11 is 0. The highest BCUT2D eigenvalue weighted by atomic mass is 16.5. The molecular formula is C13H22N4O2.